The van der Waals surface area contributed by atoms with Gasteiger partial charge in [-0.15, -0.1) is 0 Å². The van der Waals surface area contributed by atoms with Crippen LogP contribution in [0.1, 0.15) is 24.2 Å². The maximum atomic E-state index is 12.6. The van der Waals surface area contributed by atoms with Crippen molar-refractivity contribution in [3.05, 3.63) is 115 Å². The highest BCUT2D eigenvalue weighted by molar-refractivity contribution is 5.79. The van der Waals surface area contributed by atoms with Crippen molar-refractivity contribution >= 4 is 16.9 Å². The first-order chi connectivity index (χ1) is 19.7. The van der Waals surface area contributed by atoms with Gasteiger partial charge in [-0.05, 0) is 53.8 Å². The molecule has 6 heteroatoms. The molecule has 204 valence electrons. The van der Waals surface area contributed by atoms with E-state index in [1.54, 1.807) is 7.11 Å². The van der Waals surface area contributed by atoms with Gasteiger partial charge in [0.2, 0.25) is 5.91 Å². The molecule has 6 nitrogen and oxygen atoms in total. The number of aromatic nitrogens is 2. The van der Waals surface area contributed by atoms with Crippen LogP contribution in [0.2, 0.25) is 0 Å². The van der Waals surface area contributed by atoms with E-state index in [4.69, 9.17) is 14.5 Å². The third kappa shape index (κ3) is 7.08. The van der Waals surface area contributed by atoms with Crippen molar-refractivity contribution < 1.29 is 14.3 Å². The molecule has 0 radical (unpaired) electrons. The smallest absolute Gasteiger partial charge is 0.224 e. The molecule has 0 unspecified atom stereocenters. The Labute approximate surface area is 235 Å². The highest BCUT2D eigenvalue weighted by atomic mass is 16.5. The van der Waals surface area contributed by atoms with Gasteiger partial charge >= 0.3 is 0 Å². The Morgan fingerprint density at radius 2 is 1.57 bits per heavy atom. The van der Waals surface area contributed by atoms with Crippen molar-refractivity contribution in [3.63, 3.8) is 0 Å². The fraction of sp³-hybridized carbons (Fsp3) is 0.235. The highest BCUT2D eigenvalue weighted by Gasteiger charge is 2.11. The van der Waals surface area contributed by atoms with Crippen molar-refractivity contribution in [1.82, 2.24) is 14.9 Å². The molecule has 0 saturated carbocycles. The lowest BCUT2D eigenvalue weighted by Gasteiger charge is -2.11. The SMILES string of the molecule is COc1cccc(OCCCn2c(CCCNC(=O)Cc3ccc(-c4ccccc4)cc3)nc3ccccc32)c1. The lowest BCUT2D eigenvalue weighted by molar-refractivity contribution is -0.120. The summed E-state index contributed by atoms with van der Waals surface area (Å²) in [6.45, 7) is 2.02. The van der Waals surface area contributed by atoms with Gasteiger partial charge in [0.1, 0.15) is 17.3 Å². The van der Waals surface area contributed by atoms with Crippen LogP contribution in [0.3, 0.4) is 0 Å². The minimum absolute atomic E-state index is 0.0376. The van der Waals surface area contributed by atoms with Gasteiger partial charge in [0, 0.05) is 25.6 Å². The zero-order valence-corrected chi connectivity index (χ0v) is 22.9. The van der Waals surface area contributed by atoms with Crippen molar-refractivity contribution in [3.8, 4) is 22.6 Å². The van der Waals surface area contributed by atoms with Crippen LogP contribution in [0.5, 0.6) is 11.5 Å². The number of benzene rings is 4. The first-order valence-corrected chi connectivity index (χ1v) is 13.8. The highest BCUT2D eigenvalue weighted by Crippen LogP contribution is 2.21. The largest absolute Gasteiger partial charge is 0.497 e. The van der Waals surface area contributed by atoms with Crippen LogP contribution < -0.4 is 14.8 Å². The molecule has 5 aromatic rings. The van der Waals surface area contributed by atoms with Crippen molar-refractivity contribution in [2.24, 2.45) is 0 Å². The first kappa shape index (κ1) is 27.0. The van der Waals surface area contributed by atoms with E-state index in [2.05, 4.69) is 40.2 Å². The summed E-state index contributed by atoms with van der Waals surface area (Å²) in [5.41, 5.74) is 5.46. The molecule has 4 aromatic carbocycles. The minimum atomic E-state index is 0.0376. The lowest BCUT2D eigenvalue weighted by Crippen LogP contribution is -2.26. The molecule has 0 saturated heterocycles. The summed E-state index contributed by atoms with van der Waals surface area (Å²) >= 11 is 0. The number of nitrogens with zero attached hydrogens (tertiary/aromatic N) is 2. The molecule has 0 aliphatic rings. The van der Waals surface area contributed by atoms with E-state index in [1.807, 2.05) is 72.8 Å². The zero-order chi connectivity index (χ0) is 27.6. The quantitative estimate of drug-likeness (QED) is 0.176. The number of ether oxygens (including phenoxy) is 2. The third-order valence-electron chi connectivity index (χ3n) is 6.89. The monoisotopic (exact) mass is 533 g/mol. The number of para-hydroxylation sites is 2. The Hall–Kier alpha value is -4.58. The van der Waals surface area contributed by atoms with E-state index < -0.39 is 0 Å². The molecule has 0 fully saturated rings. The summed E-state index contributed by atoms with van der Waals surface area (Å²) in [6.07, 6.45) is 2.84. The molecule has 5 rings (SSSR count). The molecule has 0 bridgehead atoms. The fourth-order valence-electron chi connectivity index (χ4n) is 4.84. The lowest BCUT2D eigenvalue weighted by atomic mass is 10.0. The molecule has 0 aliphatic heterocycles. The molecule has 1 aromatic heterocycles. The number of rotatable bonds is 13. The number of hydrogen-bond donors (Lipinski definition) is 1. The summed E-state index contributed by atoms with van der Waals surface area (Å²) in [5, 5.41) is 3.07. The number of imidazole rings is 1. The van der Waals surface area contributed by atoms with Gasteiger partial charge in [0.05, 0.1) is 31.2 Å². The first-order valence-electron chi connectivity index (χ1n) is 13.8. The van der Waals surface area contributed by atoms with Gasteiger partial charge < -0.3 is 19.4 Å². The predicted molar refractivity (Wildman–Crippen MR) is 160 cm³/mol. The predicted octanol–water partition coefficient (Wildman–Crippen LogP) is 6.47. The normalized spacial score (nSPS) is 10.9. The van der Waals surface area contributed by atoms with Crippen molar-refractivity contribution in [2.75, 3.05) is 20.3 Å². The van der Waals surface area contributed by atoms with Crippen LogP contribution in [-0.2, 0) is 24.2 Å². The van der Waals surface area contributed by atoms with Gasteiger partial charge in [-0.2, -0.15) is 0 Å². The Kier molecular flexibility index (Phi) is 9.09. The van der Waals surface area contributed by atoms with Crippen LogP contribution in [0.4, 0.5) is 0 Å². The second-order valence-electron chi connectivity index (χ2n) is 9.74. The number of amides is 1. The van der Waals surface area contributed by atoms with E-state index >= 15 is 0 Å². The van der Waals surface area contributed by atoms with Crippen LogP contribution in [0.15, 0.2) is 103 Å². The van der Waals surface area contributed by atoms with Crippen LogP contribution in [-0.4, -0.2) is 35.7 Å². The Morgan fingerprint density at radius 3 is 2.40 bits per heavy atom. The number of carbonyl (C=O) groups is 1. The van der Waals surface area contributed by atoms with Crippen LogP contribution >= 0.6 is 0 Å². The number of aryl methyl sites for hydroxylation is 2. The van der Waals surface area contributed by atoms with E-state index in [9.17, 15) is 4.79 Å². The van der Waals surface area contributed by atoms with Gasteiger partial charge in [0.25, 0.3) is 0 Å². The van der Waals surface area contributed by atoms with Crippen LogP contribution in [0, 0.1) is 0 Å². The third-order valence-corrected chi connectivity index (χ3v) is 6.89. The van der Waals surface area contributed by atoms with Gasteiger partial charge in [-0.3, -0.25) is 4.79 Å². The molecule has 1 heterocycles. The standard InChI is InChI=1S/C34H35N3O3/c1-39-29-12-7-13-30(25-29)40-23-9-22-37-32-15-6-5-14-31(32)36-33(37)16-8-21-35-34(38)24-26-17-19-28(20-18-26)27-10-3-2-4-11-27/h2-7,10-15,17-20,25H,8-9,16,21-24H2,1H3,(H,35,38). The second-order valence-corrected chi connectivity index (χ2v) is 9.74. The average Bonchev–Trinajstić information content (AvgIpc) is 3.35. The van der Waals surface area contributed by atoms with Crippen molar-refractivity contribution in [1.29, 1.82) is 0 Å². The van der Waals surface area contributed by atoms with Crippen molar-refractivity contribution in [2.45, 2.75) is 32.2 Å². The molecule has 0 spiro atoms. The summed E-state index contributed by atoms with van der Waals surface area (Å²) in [7, 11) is 1.65. The Morgan fingerprint density at radius 1 is 0.825 bits per heavy atom. The number of methoxy groups -OCH3 is 1. The molecular weight excluding hydrogens is 498 g/mol. The molecule has 0 aliphatic carbocycles. The van der Waals surface area contributed by atoms with Gasteiger partial charge in [-0.25, -0.2) is 4.98 Å². The molecule has 1 amide bonds. The summed E-state index contributed by atoms with van der Waals surface area (Å²) in [6, 6.07) is 34.3. The summed E-state index contributed by atoms with van der Waals surface area (Å²) in [4.78, 5) is 17.4. The molecule has 1 N–H and O–H groups in total. The minimum Gasteiger partial charge on any atom is -0.497 e. The number of nitrogens with one attached hydrogen (secondary N) is 1. The summed E-state index contributed by atoms with van der Waals surface area (Å²) in [5.74, 6) is 2.66. The van der Waals surface area contributed by atoms with Gasteiger partial charge in [0.15, 0.2) is 0 Å². The van der Waals surface area contributed by atoms with E-state index in [1.165, 1.54) is 5.56 Å². The number of fused-ring (bicyclic) bond motifs is 1. The zero-order valence-electron chi connectivity index (χ0n) is 22.9. The van der Waals surface area contributed by atoms with Gasteiger partial charge in [-0.1, -0.05) is 72.8 Å². The Balaban J connectivity index is 1.10. The Bertz CT molecular complexity index is 1530. The summed E-state index contributed by atoms with van der Waals surface area (Å²) < 4.78 is 13.5. The van der Waals surface area contributed by atoms with E-state index in [0.717, 1.165) is 65.3 Å². The molecular formula is C34H35N3O3. The molecule has 0 atom stereocenters. The fourth-order valence-corrected chi connectivity index (χ4v) is 4.84. The van der Waals surface area contributed by atoms with Crippen LogP contribution in [0.25, 0.3) is 22.2 Å². The second kappa shape index (κ2) is 13.5. The maximum Gasteiger partial charge on any atom is 0.224 e. The number of hydrogen-bond acceptors (Lipinski definition) is 4. The maximum absolute atomic E-state index is 12.6. The van der Waals surface area contributed by atoms with E-state index in [-0.39, 0.29) is 5.91 Å². The number of carbonyl (C=O) groups excluding carboxylic acids is 1. The average molecular weight is 534 g/mol. The topological polar surface area (TPSA) is 65.4 Å². The molecule has 40 heavy (non-hydrogen) atoms. The van der Waals surface area contributed by atoms with E-state index in [0.29, 0.717) is 19.6 Å².